The lowest BCUT2D eigenvalue weighted by Crippen LogP contribution is -2.58. The summed E-state index contributed by atoms with van der Waals surface area (Å²) in [7, 11) is -2.94. The number of sulfone groups is 1. The van der Waals surface area contributed by atoms with Crippen molar-refractivity contribution in [1.29, 1.82) is 0 Å². The van der Waals surface area contributed by atoms with Crippen LogP contribution in [0, 0.1) is 0 Å². The molecule has 5 nitrogen and oxygen atoms in total. The van der Waals surface area contributed by atoms with E-state index in [-0.39, 0.29) is 12.1 Å². The van der Waals surface area contributed by atoms with Gasteiger partial charge in [0.25, 0.3) is 0 Å². The SMILES string of the molecule is CCCN1CCN(Cc2ccc(-c3ccccn3)cc2)[C@@H]2CS(=O)(=O)C[C@@H]21. The lowest BCUT2D eigenvalue weighted by Gasteiger charge is -2.44. The molecule has 0 amide bonds. The lowest BCUT2D eigenvalue weighted by atomic mass is 10.0. The van der Waals surface area contributed by atoms with Gasteiger partial charge in [-0.15, -0.1) is 0 Å². The predicted molar refractivity (Wildman–Crippen MR) is 108 cm³/mol. The van der Waals surface area contributed by atoms with Crippen LogP contribution in [0.25, 0.3) is 11.3 Å². The number of piperazine rings is 1. The predicted octanol–water partition coefficient (Wildman–Crippen LogP) is 2.44. The van der Waals surface area contributed by atoms with Gasteiger partial charge in [0.1, 0.15) is 0 Å². The molecule has 3 heterocycles. The molecule has 4 rings (SSSR count). The molecular weight excluding hydrogens is 358 g/mol. The average Bonchev–Trinajstić information content (AvgIpc) is 3.01. The first-order valence-corrected chi connectivity index (χ1v) is 11.6. The number of pyridine rings is 1. The monoisotopic (exact) mass is 385 g/mol. The minimum atomic E-state index is -2.94. The van der Waals surface area contributed by atoms with Gasteiger partial charge in [-0.1, -0.05) is 37.3 Å². The van der Waals surface area contributed by atoms with Gasteiger partial charge in [0.2, 0.25) is 0 Å². The Balaban J connectivity index is 1.49. The summed E-state index contributed by atoms with van der Waals surface area (Å²) in [4.78, 5) is 9.15. The van der Waals surface area contributed by atoms with E-state index in [1.807, 2.05) is 18.2 Å². The Morgan fingerprint density at radius 2 is 1.70 bits per heavy atom. The van der Waals surface area contributed by atoms with Crippen LogP contribution in [0.5, 0.6) is 0 Å². The number of fused-ring (bicyclic) bond motifs is 1. The van der Waals surface area contributed by atoms with Gasteiger partial charge in [-0.25, -0.2) is 8.42 Å². The molecule has 2 aliphatic heterocycles. The van der Waals surface area contributed by atoms with Crippen LogP contribution in [-0.2, 0) is 16.4 Å². The van der Waals surface area contributed by atoms with E-state index in [4.69, 9.17) is 0 Å². The van der Waals surface area contributed by atoms with Gasteiger partial charge in [-0.05, 0) is 30.7 Å². The standard InChI is InChI=1S/C21H27N3O2S/c1-2-11-23-12-13-24(21-16-27(25,26)15-20(21)23)14-17-6-8-18(9-7-17)19-5-3-4-10-22-19/h3-10,20-21H,2,11-16H2,1H3/t20-,21+/m0/s1. The highest BCUT2D eigenvalue weighted by atomic mass is 32.2. The molecule has 1 aromatic heterocycles. The summed E-state index contributed by atoms with van der Waals surface area (Å²) >= 11 is 0. The largest absolute Gasteiger partial charge is 0.297 e. The molecule has 0 spiro atoms. The Labute approximate surface area is 161 Å². The van der Waals surface area contributed by atoms with E-state index in [9.17, 15) is 8.42 Å². The fraction of sp³-hybridized carbons (Fsp3) is 0.476. The van der Waals surface area contributed by atoms with Crippen LogP contribution >= 0.6 is 0 Å². The molecule has 0 unspecified atom stereocenters. The van der Waals surface area contributed by atoms with E-state index in [1.165, 1.54) is 5.56 Å². The summed E-state index contributed by atoms with van der Waals surface area (Å²) in [5, 5.41) is 0. The van der Waals surface area contributed by atoms with Crippen molar-refractivity contribution >= 4 is 9.84 Å². The molecule has 2 aliphatic rings. The maximum atomic E-state index is 12.3. The van der Waals surface area contributed by atoms with Crippen LogP contribution in [0.4, 0.5) is 0 Å². The average molecular weight is 386 g/mol. The molecule has 0 N–H and O–H groups in total. The van der Waals surface area contributed by atoms with Gasteiger partial charge < -0.3 is 0 Å². The number of hydrogen-bond acceptors (Lipinski definition) is 5. The molecule has 0 radical (unpaired) electrons. The van der Waals surface area contributed by atoms with Crippen LogP contribution in [0.1, 0.15) is 18.9 Å². The molecule has 27 heavy (non-hydrogen) atoms. The van der Waals surface area contributed by atoms with Crippen LogP contribution in [0.3, 0.4) is 0 Å². The highest BCUT2D eigenvalue weighted by Crippen LogP contribution is 2.28. The van der Waals surface area contributed by atoms with E-state index in [0.29, 0.717) is 11.5 Å². The summed E-state index contributed by atoms with van der Waals surface area (Å²) in [5.74, 6) is 0.608. The van der Waals surface area contributed by atoms with Crippen molar-refractivity contribution < 1.29 is 8.42 Å². The molecular formula is C21H27N3O2S. The molecule has 2 aromatic rings. The number of aromatic nitrogens is 1. The van der Waals surface area contributed by atoms with Gasteiger partial charge in [0.05, 0.1) is 17.2 Å². The molecule has 6 heteroatoms. The molecule has 2 fully saturated rings. The smallest absolute Gasteiger partial charge is 0.153 e. The van der Waals surface area contributed by atoms with Crippen molar-refractivity contribution in [2.24, 2.45) is 0 Å². The Morgan fingerprint density at radius 1 is 1.00 bits per heavy atom. The van der Waals surface area contributed by atoms with Crippen LogP contribution in [0.2, 0.25) is 0 Å². The van der Waals surface area contributed by atoms with Crippen molar-refractivity contribution in [3.05, 3.63) is 54.2 Å². The zero-order valence-electron chi connectivity index (χ0n) is 15.8. The highest BCUT2D eigenvalue weighted by molar-refractivity contribution is 7.91. The molecule has 2 saturated heterocycles. The zero-order chi connectivity index (χ0) is 18.9. The molecule has 2 atom stereocenters. The first kappa shape index (κ1) is 18.6. The second-order valence-corrected chi connectivity index (χ2v) is 9.78. The van der Waals surface area contributed by atoms with Gasteiger partial charge >= 0.3 is 0 Å². The maximum absolute atomic E-state index is 12.3. The number of benzene rings is 1. The molecule has 0 saturated carbocycles. The van der Waals surface area contributed by atoms with Crippen LogP contribution < -0.4 is 0 Å². The van der Waals surface area contributed by atoms with Gasteiger partial charge in [0.15, 0.2) is 9.84 Å². The molecule has 0 aliphatic carbocycles. The van der Waals surface area contributed by atoms with E-state index in [1.54, 1.807) is 6.20 Å². The second-order valence-electron chi connectivity index (χ2n) is 7.63. The summed E-state index contributed by atoms with van der Waals surface area (Å²) in [6.07, 6.45) is 2.87. The van der Waals surface area contributed by atoms with Crippen molar-refractivity contribution in [3.8, 4) is 11.3 Å². The van der Waals surface area contributed by atoms with E-state index in [2.05, 4.69) is 46.0 Å². The molecule has 144 valence electrons. The normalized spacial score (nSPS) is 25.4. The van der Waals surface area contributed by atoms with Gasteiger partial charge in [0, 0.05) is 43.5 Å². The van der Waals surface area contributed by atoms with Crippen molar-refractivity contribution in [2.45, 2.75) is 32.0 Å². The Morgan fingerprint density at radius 3 is 2.37 bits per heavy atom. The second kappa shape index (κ2) is 7.70. The quantitative estimate of drug-likeness (QED) is 0.791. The fourth-order valence-corrected chi connectivity index (χ4v) is 6.45. The fourth-order valence-electron chi connectivity index (χ4n) is 4.41. The summed E-state index contributed by atoms with van der Waals surface area (Å²) in [6.45, 7) is 5.84. The van der Waals surface area contributed by atoms with Crippen LogP contribution in [-0.4, -0.2) is 66.4 Å². The third-order valence-corrected chi connectivity index (χ3v) is 7.42. The molecule has 0 bridgehead atoms. The number of nitrogens with zero attached hydrogens (tertiary/aromatic N) is 3. The third-order valence-electron chi connectivity index (χ3n) is 5.72. The minimum absolute atomic E-state index is 0.116. The van der Waals surface area contributed by atoms with Crippen LogP contribution in [0.15, 0.2) is 48.7 Å². The third kappa shape index (κ3) is 4.08. The van der Waals surface area contributed by atoms with E-state index in [0.717, 1.165) is 43.9 Å². The Bertz CT molecular complexity index is 868. The molecule has 1 aromatic carbocycles. The summed E-state index contributed by atoms with van der Waals surface area (Å²) in [6, 6.07) is 14.7. The zero-order valence-corrected chi connectivity index (χ0v) is 16.6. The van der Waals surface area contributed by atoms with Crippen molar-refractivity contribution in [2.75, 3.05) is 31.1 Å². The summed E-state index contributed by atoms with van der Waals surface area (Å²) in [5.41, 5.74) is 3.30. The van der Waals surface area contributed by atoms with Gasteiger partial charge in [-0.2, -0.15) is 0 Å². The highest BCUT2D eigenvalue weighted by Gasteiger charge is 2.46. The number of hydrogen-bond donors (Lipinski definition) is 0. The minimum Gasteiger partial charge on any atom is -0.297 e. The topological polar surface area (TPSA) is 53.5 Å². The van der Waals surface area contributed by atoms with Crippen molar-refractivity contribution in [1.82, 2.24) is 14.8 Å². The Hall–Kier alpha value is -1.76. The number of rotatable bonds is 5. The lowest BCUT2D eigenvalue weighted by molar-refractivity contribution is 0.0405. The van der Waals surface area contributed by atoms with E-state index < -0.39 is 9.84 Å². The van der Waals surface area contributed by atoms with Crippen molar-refractivity contribution in [3.63, 3.8) is 0 Å². The Kier molecular flexibility index (Phi) is 5.30. The first-order chi connectivity index (χ1) is 13.1. The first-order valence-electron chi connectivity index (χ1n) is 9.74. The van der Waals surface area contributed by atoms with Gasteiger partial charge in [-0.3, -0.25) is 14.8 Å². The summed E-state index contributed by atoms with van der Waals surface area (Å²) < 4.78 is 24.6. The maximum Gasteiger partial charge on any atom is 0.153 e. The van der Waals surface area contributed by atoms with E-state index >= 15 is 0 Å².